The van der Waals surface area contributed by atoms with Gasteiger partial charge in [0.1, 0.15) is 0 Å². The summed E-state index contributed by atoms with van der Waals surface area (Å²) in [6, 6.07) is 10.4. The zero-order valence-corrected chi connectivity index (χ0v) is 20.1. The van der Waals surface area contributed by atoms with Crippen molar-refractivity contribution in [1.29, 1.82) is 0 Å². The van der Waals surface area contributed by atoms with Gasteiger partial charge in [-0.05, 0) is 31.9 Å². The Labute approximate surface area is 192 Å². The summed E-state index contributed by atoms with van der Waals surface area (Å²) < 4.78 is 5.33. The lowest BCUT2D eigenvalue weighted by Gasteiger charge is -2.36. The summed E-state index contributed by atoms with van der Waals surface area (Å²) in [5.74, 6) is 0.950. The number of rotatable bonds is 10. The highest BCUT2D eigenvalue weighted by Gasteiger charge is 2.20. The van der Waals surface area contributed by atoms with Gasteiger partial charge in [0.2, 0.25) is 5.91 Å². The molecule has 1 aromatic carbocycles. The van der Waals surface area contributed by atoms with Gasteiger partial charge < -0.3 is 25.2 Å². The lowest BCUT2D eigenvalue weighted by atomic mass is 10.2. The van der Waals surface area contributed by atoms with Gasteiger partial charge in [0.25, 0.3) is 0 Å². The summed E-state index contributed by atoms with van der Waals surface area (Å²) >= 11 is 0. The van der Waals surface area contributed by atoms with E-state index in [1.54, 1.807) is 7.05 Å². The maximum atomic E-state index is 12.5. The maximum absolute atomic E-state index is 12.5. The van der Waals surface area contributed by atoms with Crippen LogP contribution in [0.25, 0.3) is 0 Å². The van der Waals surface area contributed by atoms with E-state index in [9.17, 15) is 4.79 Å². The van der Waals surface area contributed by atoms with Crippen LogP contribution in [-0.2, 0) is 9.53 Å². The molecule has 1 heterocycles. The van der Waals surface area contributed by atoms with Crippen LogP contribution in [0.1, 0.15) is 26.2 Å². The Morgan fingerprint density at radius 1 is 1.07 bits per heavy atom. The molecule has 1 aliphatic heterocycles. The number of ether oxygens (including phenoxy) is 1. The fraction of sp³-hybridized carbons (Fsp3) is 0.619. The topological polar surface area (TPSA) is 69.2 Å². The highest BCUT2D eigenvalue weighted by Crippen LogP contribution is 2.15. The van der Waals surface area contributed by atoms with Gasteiger partial charge in [0.15, 0.2) is 5.96 Å². The van der Waals surface area contributed by atoms with Gasteiger partial charge in [0, 0.05) is 71.6 Å². The van der Waals surface area contributed by atoms with Crippen LogP contribution >= 0.6 is 24.0 Å². The molecule has 164 valence electrons. The molecule has 0 unspecified atom stereocenters. The standard InChI is InChI=1S/C21H35N5O2.HI/c1-3-28-18-8-7-12-23-21(22-2)24-13-11-20(27)26-16-14-25(15-17-26)19-9-5-4-6-10-19;/h4-6,9-10H,3,7-8,11-18H2,1-2H3,(H2,22,23,24);1H. The second-order valence-electron chi connectivity index (χ2n) is 6.78. The third kappa shape index (κ3) is 9.66. The molecule has 0 aliphatic carbocycles. The molecule has 0 aromatic heterocycles. The summed E-state index contributed by atoms with van der Waals surface area (Å²) in [6.07, 6.45) is 2.55. The highest BCUT2D eigenvalue weighted by molar-refractivity contribution is 14.0. The number of anilines is 1. The van der Waals surface area contributed by atoms with Crippen molar-refractivity contribution in [2.24, 2.45) is 4.99 Å². The fourth-order valence-electron chi connectivity index (χ4n) is 3.20. The van der Waals surface area contributed by atoms with E-state index >= 15 is 0 Å². The van der Waals surface area contributed by atoms with Crippen molar-refractivity contribution < 1.29 is 9.53 Å². The maximum Gasteiger partial charge on any atom is 0.224 e. The van der Waals surface area contributed by atoms with Crippen LogP contribution in [0, 0.1) is 0 Å². The monoisotopic (exact) mass is 517 g/mol. The summed E-state index contributed by atoms with van der Waals surface area (Å²) in [5, 5.41) is 6.50. The largest absolute Gasteiger partial charge is 0.382 e. The smallest absolute Gasteiger partial charge is 0.224 e. The van der Waals surface area contributed by atoms with Crippen LogP contribution in [0.2, 0.25) is 0 Å². The first-order valence-electron chi connectivity index (χ1n) is 10.3. The van der Waals surface area contributed by atoms with E-state index < -0.39 is 0 Å². The van der Waals surface area contributed by atoms with Crippen molar-refractivity contribution in [2.45, 2.75) is 26.2 Å². The quantitative estimate of drug-likeness (QED) is 0.216. The van der Waals surface area contributed by atoms with Crippen LogP contribution in [0.3, 0.4) is 0 Å². The van der Waals surface area contributed by atoms with E-state index in [-0.39, 0.29) is 29.9 Å². The third-order valence-corrected chi connectivity index (χ3v) is 4.82. The number of hydrogen-bond acceptors (Lipinski definition) is 4. The van der Waals surface area contributed by atoms with Crippen LogP contribution < -0.4 is 15.5 Å². The number of benzene rings is 1. The Morgan fingerprint density at radius 3 is 2.41 bits per heavy atom. The predicted molar refractivity (Wildman–Crippen MR) is 130 cm³/mol. The molecule has 0 bridgehead atoms. The molecule has 0 atom stereocenters. The van der Waals surface area contributed by atoms with Gasteiger partial charge in [-0.15, -0.1) is 24.0 Å². The summed E-state index contributed by atoms with van der Waals surface area (Å²) in [5.41, 5.74) is 1.23. The molecular weight excluding hydrogens is 481 g/mol. The molecule has 1 amide bonds. The normalized spacial score (nSPS) is 14.3. The molecule has 0 spiro atoms. The number of aliphatic imine (C=N–C) groups is 1. The molecule has 1 fully saturated rings. The second-order valence-corrected chi connectivity index (χ2v) is 6.78. The number of hydrogen-bond donors (Lipinski definition) is 2. The lowest BCUT2D eigenvalue weighted by molar-refractivity contribution is -0.131. The van der Waals surface area contributed by atoms with Crippen molar-refractivity contribution in [3.8, 4) is 0 Å². The van der Waals surface area contributed by atoms with Crippen molar-refractivity contribution in [1.82, 2.24) is 15.5 Å². The number of halogens is 1. The summed E-state index contributed by atoms with van der Waals surface area (Å²) in [6.45, 7) is 8.35. The molecule has 0 saturated carbocycles. The Kier molecular flexibility index (Phi) is 13.5. The van der Waals surface area contributed by atoms with Crippen molar-refractivity contribution in [3.05, 3.63) is 30.3 Å². The van der Waals surface area contributed by atoms with Crippen LogP contribution in [-0.4, -0.2) is 76.3 Å². The molecule has 2 rings (SSSR count). The highest BCUT2D eigenvalue weighted by atomic mass is 127. The molecular formula is C21H36IN5O2. The number of unbranched alkanes of at least 4 members (excludes halogenated alkanes) is 1. The Balaban J connectivity index is 0.00000420. The first kappa shape index (κ1) is 25.5. The van der Waals surface area contributed by atoms with Crippen molar-refractivity contribution in [3.63, 3.8) is 0 Å². The number of carbonyl (C=O) groups is 1. The zero-order valence-electron chi connectivity index (χ0n) is 17.7. The molecule has 1 aliphatic rings. The second kappa shape index (κ2) is 15.3. The minimum atomic E-state index is 0. The lowest BCUT2D eigenvalue weighted by Crippen LogP contribution is -2.49. The SMILES string of the molecule is CCOCCCCNC(=NC)NCCC(=O)N1CCN(c2ccccc2)CC1.I. The van der Waals surface area contributed by atoms with E-state index in [2.05, 4.69) is 44.8 Å². The zero-order chi connectivity index (χ0) is 20.0. The van der Waals surface area contributed by atoms with E-state index in [4.69, 9.17) is 4.74 Å². The molecule has 8 heteroatoms. The molecule has 7 nitrogen and oxygen atoms in total. The predicted octanol–water partition coefficient (Wildman–Crippen LogP) is 2.33. The average Bonchev–Trinajstić information content (AvgIpc) is 2.75. The van der Waals surface area contributed by atoms with Crippen LogP contribution in [0.4, 0.5) is 5.69 Å². The number of piperazine rings is 1. The van der Waals surface area contributed by atoms with Gasteiger partial charge in [-0.1, -0.05) is 18.2 Å². The van der Waals surface area contributed by atoms with Crippen molar-refractivity contribution in [2.75, 3.05) is 64.4 Å². The van der Waals surface area contributed by atoms with E-state index in [1.807, 2.05) is 17.9 Å². The minimum absolute atomic E-state index is 0. The summed E-state index contributed by atoms with van der Waals surface area (Å²) in [4.78, 5) is 21.0. The van der Waals surface area contributed by atoms with E-state index in [0.717, 1.165) is 64.7 Å². The van der Waals surface area contributed by atoms with Gasteiger partial charge in [-0.25, -0.2) is 0 Å². The summed E-state index contributed by atoms with van der Waals surface area (Å²) in [7, 11) is 1.75. The third-order valence-electron chi connectivity index (χ3n) is 4.82. The minimum Gasteiger partial charge on any atom is -0.382 e. The molecule has 0 radical (unpaired) electrons. The number of amides is 1. The van der Waals surface area contributed by atoms with Gasteiger partial charge in [-0.3, -0.25) is 9.79 Å². The van der Waals surface area contributed by atoms with Crippen LogP contribution in [0.15, 0.2) is 35.3 Å². The Hall–Kier alpha value is -1.55. The van der Waals surface area contributed by atoms with Gasteiger partial charge in [-0.2, -0.15) is 0 Å². The van der Waals surface area contributed by atoms with Gasteiger partial charge >= 0.3 is 0 Å². The first-order chi connectivity index (χ1) is 13.7. The van der Waals surface area contributed by atoms with Crippen LogP contribution in [0.5, 0.6) is 0 Å². The fourth-order valence-corrected chi connectivity index (χ4v) is 3.20. The molecule has 29 heavy (non-hydrogen) atoms. The molecule has 1 saturated heterocycles. The number of nitrogens with zero attached hydrogens (tertiary/aromatic N) is 3. The molecule has 2 N–H and O–H groups in total. The van der Waals surface area contributed by atoms with Crippen molar-refractivity contribution >= 4 is 41.5 Å². The number of carbonyl (C=O) groups excluding carboxylic acids is 1. The average molecular weight is 517 g/mol. The number of nitrogens with one attached hydrogen (secondary N) is 2. The Morgan fingerprint density at radius 2 is 1.76 bits per heavy atom. The number of guanidine groups is 1. The van der Waals surface area contributed by atoms with E-state index in [0.29, 0.717) is 13.0 Å². The van der Waals surface area contributed by atoms with Gasteiger partial charge in [0.05, 0.1) is 0 Å². The van der Waals surface area contributed by atoms with E-state index in [1.165, 1.54) is 5.69 Å². The molecule has 1 aromatic rings. The Bertz CT molecular complexity index is 592. The number of para-hydroxylation sites is 1. The first-order valence-corrected chi connectivity index (χ1v) is 10.3.